The molecule has 0 aliphatic carbocycles. The Labute approximate surface area is 240 Å². The molecule has 0 atom stereocenters. The largest absolute Gasteiger partial charge is 0.273 e. The van der Waals surface area contributed by atoms with Crippen molar-refractivity contribution in [3.05, 3.63) is 115 Å². The molecule has 202 valence electrons. The first-order chi connectivity index (χ1) is 19.7. The Bertz CT molecular complexity index is 1650. The van der Waals surface area contributed by atoms with E-state index in [-0.39, 0.29) is 17.8 Å². The van der Waals surface area contributed by atoms with E-state index < -0.39 is 10.8 Å². The zero-order valence-electron chi connectivity index (χ0n) is 23.6. The molecule has 5 nitrogen and oxygen atoms in total. The normalized spacial score (nSPS) is 15.8. The fourth-order valence-corrected chi connectivity index (χ4v) is 5.18. The van der Waals surface area contributed by atoms with E-state index in [1.165, 1.54) is 4.90 Å². The molecule has 2 heterocycles. The van der Waals surface area contributed by atoms with Crippen LogP contribution in [0.5, 0.6) is 0 Å². The zero-order valence-corrected chi connectivity index (χ0v) is 23.6. The molecular formula is C36H31N3O2. The molecule has 41 heavy (non-hydrogen) atoms. The summed E-state index contributed by atoms with van der Waals surface area (Å²) in [4.78, 5) is 38.1. The van der Waals surface area contributed by atoms with Gasteiger partial charge < -0.3 is 0 Å². The van der Waals surface area contributed by atoms with Gasteiger partial charge in [0.05, 0.1) is 22.2 Å². The highest BCUT2D eigenvalue weighted by Gasteiger charge is 2.60. The molecule has 2 amide bonds. The Morgan fingerprint density at radius 1 is 0.463 bits per heavy atom. The fraction of sp³-hybridized carbons (Fsp3) is 0.167. The molecule has 1 aliphatic rings. The van der Waals surface area contributed by atoms with Crippen LogP contribution >= 0.6 is 0 Å². The van der Waals surface area contributed by atoms with Gasteiger partial charge >= 0.3 is 0 Å². The van der Waals surface area contributed by atoms with Crippen LogP contribution in [0.2, 0.25) is 0 Å². The number of benzene rings is 4. The Morgan fingerprint density at radius 3 is 1.24 bits per heavy atom. The number of amides is 2. The van der Waals surface area contributed by atoms with Crippen LogP contribution < -0.4 is 4.90 Å². The van der Waals surface area contributed by atoms with Gasteiger partial charge in [-0.25, -0.2) is 14.9 Å². The van der Waals surface area contributed by atoms with E-state index in [9.17, 15) is 9.59 Å². The number of carbonyl (C=O) groups is 2. The standard InChI is InChI=1S/C36H31N3O2/c1-35(2)32(40)39(33(41)36(35,3)4)34-37-30(28-19-11-17-26(21-28)24-13-7-5-8-14-24)23-31(38-34)29-20-12-18-27(22-29)25-15-9-6-10-16-25/h5-23H,1-4H3. The second-order valence-corrected chi connectivity index (χ2v) is 11.5. The van der Waals surface area contributed by atoms with Gasteiger partial charge in [-0.3, -0.25) is 9.59 Å². The third kappa shape index (κ3) is 4.53. The van der Waals surface area contributed by atoms with Crippen LogP contribution in [0, 0.1) is 10.8 Å². The molecule has 1 aromatic heterocycles. The van der Waals surface area contributed by atoms with E-state index in [2.05, 4.69) is 48.5 Å². The molecule has 5 heteroatoms. The molecular weight excluding hydrogens is 506 g/mol. The van der Waals surface area contributed by atoms with Crippen molar-refractivity contribution in [1.82, 2.24) is 9.97 Å². The van der Waals surface area contributed by atoms with Gasteiger partial charge in [-0.1, -0.05) is 97.1 Å². The van der Waals surface area contributed by atoms with Crippen molar-refractivity contribution in [2.75, 3.05) is 4.90 Å². The van der Waals surface area contributed by atoms with E-state index >= 15 is 0 Å². The summed E-state index contributed by atoms with van der Waals surface area (Å²) in [6, 6.07) is 38.5. The quantitative estimate of drug-likeness (QED) is 0.213. The monoisotopic (exact) mass is 537 g/mol. The highest BCUT2D eigenvalue weighted by molar-refractivity contribution is 6.24. The Balaban J connectivity index is 1.53. The number of nitrogens with zero attached hydrogens (tertiary/aromatic N) is 3. The lowest BCUT2D eigenvalue weighted by Crippen LogP contribution is -2.35. The smallest absolute Gasteiger partial charge is 0.242 e. The van der Waals surface area contributed by atoms with Crippen LogP contribution in [0.25, 0.3) is 44.8 Å². The summed E-state index contributed by atoms with van der Waals surface area (Å²) in [5.74, 6) is -0.500. The van der Waals surface area contributed by atoms with Crippen LogP contribution in [0.3, 0.4) is 0 Å². The van der Waals surface area contributed by atoms with Gasteiger partial charge in [-0.15, -0.1) is 0 Å². The minimum atomic E-state index is -0.899. The lowest BCUT2D eigenvalue weighted by atomic mass is 9.70. The number of aromatic nitrogens is 2. The van der Waals surface area contributed by atoms with Gasteiger partial charge in [0.15, 0.2) is 0 Å². The first kappa shape index (κ1) is 26.3. The van der Waals surface area contributed by atoms with E-state index in [4.69, 9.17) is 9.97 Å². The highest BCUT2D eigenvalue weighted by Crippen LogP contribution is 2.48. The fourth-order valence-electron chi connectivity index (χ4n) is 5.18. The summed E-state index contributed by atoms with van der Waals surface area (Å²) >= 11 is 0. The molecule has 0 bridgehead atoms. The molecule has 0 saturated carbocycles. The minimum absolute atomic E-state index is 0.0985. The molecule has 4 aromatic carbocycles. The highest BCUT2D eigenvalue weighted by atomic mass is 16.2. The van der Waals surface area contributed by atoms with Crippen molar-refractivity contribution in [1.29, 1.82) is 0 Å². The number of rotatable bonds is 5. The van der Waals surface area contributed by atoms with E-state index in [1.54, 1.807) is 0 Å². The number of hydrogen-bond acceptors (Lipinski definition) is 4. The summed E-state index contributed by atoms with van der Waals surface area (Å²) in [5.41, 5.74) is 5.49. The average Bonchev–Trinajstić information content (AvgIpc) is 3.13. The molecule has 5 aromatic rings. The van der Waals surface area contributed by atoms with Crippen LogP contribution in [0.1, 0.15) is 27.7 Å². The Hall–Kier alpha value is -4.90. The first-order valence-electron chi connectivity index (χ1n) is 13.8. The molecule has 0 radical (unpaired) electrons. The zero-order chi connectivity index (χ0) is 28.8. The Kier molecular flexibility index (Phi) is 6.38. The molecule has 1 fully saturated rings. The summed E-state index contributed by atoms with van der Waals surface area (Å²) in [6.45, 7) is 7.24. The van der Waals surface area contributed by atoms with Crippen molar-refractivity contribution in [3.8, 4) is 44.8 Å². The van der Waals surface area contributed by atoms with E-state index in [0.29, 0.717) is 11.4 Å². The Morgan fingerprint density at radius 2 is 0.829 bits per heavy atom. The average molecular weight is 538 g/mol. The maximum atomic E-state index is 13.7. The molecule has 0 unspecified atom stereocenters. The third-order valence-electron chi connectivity index (χ3n) is 8.48. The summed E-state index contributed by atoms with van der Waals surface area (Å²) in [7, 11) is 0. The van der Waals surface area contributed by atoms with E-state index in [0.717, 1.165) is 33.4 Å². The van der Waals surface area contributed by atoms with Crippen molar-refractivity contribution in [2.24, 2.45) is 10.8 Å². The topological polar surface area (TPSA) is 63.2 Å². The maximum absolute atomic E-state index is 13.7. The molecule has 1 aliphatic heterocycles. The number of anilines is 1. The predicted molar refractivity (Wildman–Crippen MR) is 164 cm³/mol. The third-order valence-corrected chi connectivity index (χ3v) is 8.48. The van der Waals surface area contributed by atoms with Crippen molar-refractivity contribution in [3.63, 3.8) is 0 Å². The van der Waals surface area contributed by atoms with Gasteiger partial charge in [-0.05, 0) is 68.1 Å². The van der Waals surface area contributed by atoms with E-state index in [1.807, 2.05) is 94.4 Å². The lowest BCUT2D eigenvalue weighted by Gasteiger charge is -2.28. The van der Waals surface area contributed by atoms with Gasteiger partial charge in [0.25, 0.3) is 0 Å². The SMILES string of the molecule is CC1(C)C(=O)N(c2nc(-c3cccc(-c4ccccc4)c3)cc(-c3cccc(-c4ccccc4)c3)n2)C(=O)C1(C)C. The van der Waals surface area contributed by atoms with Crippen LogP contribution in [0.4, 0.5) is 5.95 Å². The number of imide groups is 1. The summed E-state index contributed by atoms with van der Waals surface area (Å²) in [5, 5.41) is 0. The second kappa shape index (κ2) is 9.93. The van der Waals surface area contributed by atoms with Crippen LogP contribution in [-0.2, 0) is 9.59 Å². The van der Waals surface area contributed by atoms with Crippen molar-refractivity contribution >= 4 is 17.8 Å². The maximum Gasteiger partial charge on any atom is 0.242 e. The van der Waals surface area contributed by atoms with Gasteiger partial charge in [0.1, 0.15) is 0 Å². The van der Waals surface area contributed by atoms with Crippen molar-refractivity contribution < 1.29 is 9.59 Å². The van der Waals surface area contributed by atoms with Gasteiger partial charge in [0.2, 0.25) is 17.8 Å². The number of carbonyl (C=O) groups excluding carboxylic acids is 2. The summed E-state index contributed by atoms with van der Waals surface area (Å²) in [6.07, 6.45) is 0. The molecule has 0 N–H and O–H groups in total. The van der Waals surface area contributed by atoms with Crippen molar-refractivity contribution in [2.45, 2.75) is 27.7 Å². The van der Waals surface area contributed by atoms with Gasteiger partial charge in [-0.2, -0.15) is 0 Å². The predicted octanol–water partition coefficient (Wildman–Crippen LogP) is 8.07. The second-order valence-electron chi connectivity index (χ2n) is 11.5. The molecule has 0 spiro atoms. The van der Waals surface area contributed by atoms with Crippen LogP contribution in [-0.4, -0.2) is 21.8 Å². The van der Waals surface area contributed by atoms with Crippen LogP contribution in [0.15, 0.2) is 115 Å². The van der Waals surface area contributed by atoms with Gasteiger partial charge in [0, 0.05) is 11.1 Å². The lowest BCUT2D eigenvalue weighted by molar-refractivity contribution is -0.129. The molecule has 6 rings (SSSR count). The number of hydrogen-bond donors (Lipinski definition) is 0. The first-order valence-corrected chi connectivity index (χ1v) is 13.8. The minimum Gasteiger partial charge on any atom is -0.273 e. The molecule has 1 saturated heterocycles. The summed E-state index contributed by atoms with van der Waals surface area (Å²) < 4.78 is 0.